The van der Waals surface area contributed by atoms with Crippen molar-refractivity contribution in [2.45, 2.75) is 71.2 Å². The lowest BCUT2D eigenvalue weighted by atomic mass is 9.95. The van der Waals surface area contributed by atoms with Crippen molar-refractivity contribution in [3.05, 3.63) is 23.8 Å². The second kappa shape index (κ2) is 7.26. The van der Waals surface area contributed by atoms with Crippen molar-refractivity contribution in [1.82, 2.24) is 9.88 Å². The number of carbonyl (C=O) groups is 1. The second-order valence-corrected chi connectivity index (χ2v) is 7.42. The monoisotopic (exact) mass is 349 g/mol. The predicted molar refractivity (Wildman–Crippen MR) is 89.6 cm³/mol. The molecule has 1 aromatic heterocycles. The van der Waals surface area contributed by atoms with Gasteiger partial charge in [0.2, 0.25) is 5.95 Å². The molecule has 25 heavy (non-hydrogen) atoms. The molecule has 1 aliphatic heterocycles. The van der Waals surface area contributed by atoms with Gasteiger partial charge in [0, 0.05) is 37.1 Å². The van der Waals surface area contributed by atoms with Crippen molar-refractivity contribution < 1.29 is 18.7 Å². The van der Waals surface area contributed by atoms with E-state index in [0.717, 1.165) is 6.07 Å². The van der Waals surface area contributed by atoms with Crippen LogP contribution in [0.1, 0.15) is 53.2 Å². The molecule has 0 bridgehead atoms. The van der Waals surface area contributed by atoms with Crippen LogP contribution in [0.25, 0.3) is 0 Å². The van der Waals surface area contributed by atoms with Crippen LogP contribution in [0.4, 0.5) is 9.18 Å². The first-order chi connectivity index (χ1) is 11.6. The largest absolute Gasteiger partial charge is 0.490 e. The van der Waals surface area contributed by atoms with Gasteiger partial charge in [0.1, 0.15) is 29.2 Å². The van der Waals surface area contributed by atoms with E-state index in [-0.39, 0.29) is 35.7 Å². The van der Waals surface area contributed by atoms with E-state index < -0.39 is 11.5 Å². The third-order valence-electron chi connectivity index (χ3n) is 3.95. The van der Waals surface area contributed by atoms with Crippen molar-refractivity contribution in [2.24, 2.45) is 0 Å². The SMILES string of the molecule is C[C@@H]1CC(Oc2cc(F)nc(C#N)c2)C[C@@H](C)N1C(=O)OC(C)(C)C. The molecule has 1 saturated heterocycles. The molecule has 0 spiro atoms. The molecule has 136 valence electrons. The molecule has 0 unspecified atom stereocenters. The van der Waals surface area contributed by atoms with E-state index in [1.165, 1.54) is 6.07 Å². The Hall–Kier alpha value is -2.36. The Morgan fingerprint density at radius 3 is 2.44 bits per heavy atom. The molecule has 0 radical (unpaired) electrons. The van der Waals surface area contributed by atoms with Crippen LogP contribution in [0, 0.1) is 17.3 Å². The third-order valence-corrected chi connectivity index (χ3v) is 3.95. The molecule has 1 aromatic rings. The van der Waals surface area contributed by atoms with Crippen molar-refractivity contribution in [3.8, 4) is 11.8 Å². The molecule has 0 N–H and O–H groups in total. The molecule has 1 aliphatic rings. The first kappa shape index (κ1) is 19.0. The smallest absolute Gasteiger partial charge is 0.410 e. The molecular weight excluding hydrogens is 325 g/mol. The van der Waals surface area contributed by atoms with Gasteiger partial charge in [-0.05, 0) is 34.6 Å². The number of hydrogen-bond acceptors (Lipinski definition) is 5. The van der Waals surface area contributed by atoms with Gasteiger partial charge in [0.05, 0.1) is 0 Å². The van der Waals surface area contributed by atoms with E-state index >= 15 is 0 Å². The van der Waals surface area contributed by atoms with Gasteiger partial charge in [-0.2, -0.15) is 9.65 Å². The number of amides is 1. The van der Waals surface area contributed by atoms with Crippen LogP contribution in [0.5, 0.6) is 5.75 Å². The van der Waals surface area contributed by atoms with Crippen LogP contribution >= 0.6 is 0 Å². The standard InChI is InChI=1S/C18H24FN3O3/c1-11-6-14(24-15-8-13(10-20)21-16(19)9-15)7-12(2)22(11)17(23)25-18(3,4)5/h8-9,11-12,14H,6-7H2,1-5H3/t11-,12-/m1/s1. The van der Waals surface area contributed by atoms with Crippen molar-refractivity contribution in [3.63, 3.8) is 0 Å². The lowest BCUT2D eigenvalue weighted by molar-refractivity contribution is -0.0179. The van der Waals surface area contributed by atoms with Crippen molar-refractivity contribution in [2.75, 3.05) is 0 Å². The number of carbonyl (C=O) groups excluding carboxylic acids is 1. The van der Waals surface area contributed by atoms with Gasteiger partial charge >= 0.3 is 6.09 Å². The third kappa shape index (κ3) is 5.05. The quantitative estimate of drug-likeness (QED) is 0.762. The highest BCUT2D eigenvalue weighted by Crippen LogP contribution is 2.28. The lowest BCUT2D eigenvalue weighted by Gasteiger charge is -2.42. The Morgan fingerprint density at radius 2 is 1.92 bits per heavy atom. The van der Waals surface area contributed by atoms with Crippen LogP contribution in [-0.4, -0.2) is 39.8 Å². The molecule has 1 amide bonds. The number of hydrogen-bond donors (Lipinski definition) is 0. The number of likely N-dealkylation sites (tertiary alicyclic amines) is 1. The minimum absolute atomic E-state index is 0.0257. The van der Waals surface area contributed by atoms with Crippen molar-refractivity contribution >= 4 is 6.09 Å². The fraction of sp³-hybridized carbons (Fsp3) is 0.611. The summed E-state index contributed by atoms with van der Waals surface area (Å²) in [5, 5.41) is 8.87. The Kier molecular flexibility index (Phi) is 5.51. The number of ether oxygens (including phenoxy) is 2. The zero-order valence-electron chi connectivity index (χ0n) is 15.2. The topological polar surface area (TPSA) is 75.5 Å². The molecule has 0 aliphatic carbocycles. The maximum absolute atomic E-state index is 13.4. The van der Waals surface area contributed by atoms with Crippen LogP contribution < -0.4 is 4.74 Å². The summed E-state index contributed by atoms with van der Waals surface area (Å²) in [6.07, 6.45) is 0.662. The van der Waals surface area contributed by atoms with Gasteiger partial charge in [-0.25, -0.2) is 9.78 Å². The maximum Gasteiger partial charge on any atom is 0.410 e. The highest BCUT2D eigenvalue weighted by atomic mass is 19.1. The normalized spacial score (nSPS) is 23.7. The van der Waals surface area contributed by atoms with Gasteiger partial charge in [0.15, 0.2) is 0 Å². The summed E-state index contributed by atoms with van der Waals surface area (Å²) >= 11 is 0. The van der Waals surface area contributed by atoms with Crippen LogP contribution in [0.15, 0.2) is 12.1 Å². The summed E-state index contributed by atoms with van der Waals surface area (Å²) in [4.78, 5) is 17.6. The first-order valence-electron chi connectivity index (χ1n) is 8.34. The number of rotatable bonds is 2. The average molecular weight is 349 g/mol. The predicted octanol–water partition coefficient (Wildman–Crippen LogP) is 3.65. The fourth-order valence-corrected chi connectivity index (χ4v) is 3.08. The summed E-state index contributed by atoms with van der Waals surface area (Å²) < 4.78 is 24.7. The zero-order chi connectivity index (χ0) is 18.8. The minimum atomic E-state index is -0.749. The number of nitriles is 1. The average Bonchev–Trinajstić information content (AvgIpc) is 2.43. The van der Waals surface area contributed by atoms with E-state index in [1.54, 1.807) is 11.0 Å². The summed E-state index contributed by atoms with van der Waals surface area (Å²) in [6.45, 7) is 9.37. The van der Waals surface area contributed by atoms with E-state index in [0.29, 0.717) is 12.8 Å². The summed E-state index contributed by atoms with van der Waals surface area (Å²) in [5.41, 5.74) is -0.575. The molecule has 0 aromatic carbocycles. The zero-order valence-corrected chi connectivity index (χ0v) is 15.2. The summed E-state index contributed by atoms with van der Waals surface area (Å²) in [7, 11) is 0. The highest BCUT2D eigenvalue weighted by Gasteiger charge is 2.37. The molecule has 2 atom stereocenters. The fourth-order valence-electron chi connectivity index (χ4n) is 3.08. The lowest BCUT2D eigenvalue weighted by Crippen LogP contribution is -2.53. The van der Waals surface area contributed by atoms with Crippen LogP contribution in [0.2, 0.25) is 0 Å². The Morgan fingerprint density at radius 1 is 1.32 bits per heavy atom. The Labute approximate surface area is 147 Å². The van der Waals surface area contributed by atoms with Gasteiger partial charge in [-0.1, -0.05) is 0 Å². The minimum Gasteiger partial charge on any atom is -0.490 e. The first-order valence-corrected chi connectivity index (χ1v) is 8.34. The number of aromatic nitrogens is 1. The van der Waals surface area contributed by atoms with E-state index in [1.807, 2.05) is 34.6 Å². The second-order valence-electron chi connectivity index (χ2n) is 7.42. The van der Waals surface area contributed by atoms with Gasteiger partial charge < -0.3 is 14.4 Å². The van der Waals surface area contributed by atoms with Gasteiger partial charge in [0.25, 0.3) is 0 Å². The van der Waals surface area contributed by atoms with Crippen LogP contribution in [-0.2, 0) is 4.74 Å². The Bertz CT molecular complexity index is 669. The number of piperidine rings is 1. The maximum atomic E-state index is 13.4. The van der Waals surface area contributed by atoms with Crippen LogP contribution in [0.3, 0.4) is 0 Å². The number of nitrogens with zero attached hydrogens (tertiary/aromatic N) is 3. The molecule has 7 heteroatoms. The van der Waals surface area contributed by atoms with E-state index in [2.05, 4.69) is 4.98 Å². The van der Waals surface area contributed by atoms with Gasteiger partial charge in [-0.3, -0.25) is 0 Å². The van der Waals surface area contributed by atoms with Crippen molar-refractivity contribution in [1.29, 1.82) is 5.26 Å². The van der Waals surface area contributed by atoms with Gasteiger partial charge in [-0.15, -0.1) is 0 Å². The summed E-state index contributed by atoms with van der Waals surface area (Å²) in [6, 6.07) is 4.23. The molecule has 6 nitrogen and oxygen atoms in total. The molecular formula is C18H24FN3O3. The summed E-state index contributed by atoms with van der Waals surface area (Å²) in [5.74, 6) is -0.472. The van der Waals surface area contributed by atoms with E-state index in [4.69, 9.17) is 14.7 Å². The molecule has 0 saturated carbocycles. The van der Waals surface area contributed by atoms with E-state index in [9.17, 15) is 9.18 Å². The molecule has 2 rings (SSSR count). The number of halogens is 1. The number of pyridine rings is 1. The Balaban J connectivity index is 2.06. The highest BCUT2D eigenvalue weighted by molar-refractivity contribution is 5.69. The molecule has 1 fully saturated rings. The molecule has 2 heterocycles.